The molecule has 16 heteroatoms. The number of carbonyl (C=O) groups excluding carboxylic acids is 3. The van der Waals surface area contributed by atoms with Crippen molar-refractivity contribution in [2.24, 2.45) is 17.8 Å². The fourth-order valence-electron chi connectivity index (χ4n) is 7.73. The average molecular weight is 874 g/mol. The number of phenols is 1. The predicted molar refractivity (Wildman–Crippen MR) is 228 cm³/mol. The maximum Gasteiger partial charge on any atom is 0.416 e. The van der Waals surface area contributed by atoms with E-state index in [4.69, 9.17) is 4.74 Å². The zero-order valence-corrected chi connectivity index (χ0v) is 37.0. The van der Waals surface area contributed by atoms with Gasteiger partial charge in [-0.25, -0.2) is 4.98 Å². The van der Waals surface area contributed by atoms with E-state index in [-0.39, 0.29) is 67.1 Å². The van der Waals surface area contributed by atoms with E-state index in [1.807, 2.05) is 46.6 Å². The number of benzene rings is 2. The highest BCUT2D eigenvalue weighted by molar-refractivity contribution is 7.09. The highest BCUT2D eigenvalue weighted by atomic mass is 32.1. The topological polar surface area (TPSA) is 161 Å². The van der Waals surface area contributed by atoms with Crippen molar-refractivity contribution in [2.45, 2.75) is 129 Å². The third-order valence-corrected chi connectivity index (χ3v) is 12.5. The number of aromatic hydroxyl groups is 1. The first-order valence-corrected chi connectivity index (χ1v) is 22.1. The van der Waals surface area contributed by atoms with Crippen molar-refractivity contribution < 1.29 is 47.3 Å². The first kappa shape index (κ1) is 49.1. The molecule has 3 amide bonds. The van der Waals surface area contributed by atoms with Crippen LogP contribution in [-0.4, -0.2) is 93.1 Å². The van der Waals surface area contributed by atoms with Crippen molar-refractivity contribution in [2.75, 3.05) is 20.2 Å². The van der Waals surface area contributed by atoms with Crippen molar-refractivity contribution in [3.8, 4) is 5.75 Å². The molecule has 4 N–H and O–H groups in total. The normalized spacial score (nSPS) is 17.8. The number of hydrogen-bond acceptors (Lipinski definition) is 9. The quantitative estimate of drug-likeness (QED) is 0.0836. The number of piperidine rings is 1. The number of ether oxygens (including phenoxy) is 1. The molecule has 1 aliphatic rings. The van der Waals surface area contributed by atoms with Crippen LogP contribution < -0.4 is 10.6 Å². The molecule has 12 nitrogen and oxygen atoms in total. The van der Waals surface area contributed by atoms with Gasteiger partial charge in [0.2, 0.25) is 11.8 Å². The number of halogens is 3. The van der Waals surface area contributed by atoms with E-state index in [1.54, 1.807) is 29.3 Å². The molecule has 2 heterocycles. The number of nitrogens with one attached hydrogen (secondary N) is 2. The van der Waals surface area contributed by atoms with Crippen LogP contribution in [0.1, 0.15) is 118 Å². The van der Waals surface area contributed by atoms with Gasteiger partial charge >= 0.3 is 12.1 Å². The summed E-state index contributed by atoms with van der Waals surface area (Å²) in [5.74, 6) is -3.23. The Labute approximate surface area is 361 Å². The number of thiazole rings is 1. The van der Waals surface area contributed by atoms with Gasteiger partial charge in [0.15, 0.2) is 0 Å². The lowest BCUT2D eigenvalue weighted by atomic mass is 9.91. The number of aliphatic carboxylic acids is 1. The molecular weight excluding hydrogens is 812 g/mol. The van der Waals surface area contributed by atoms with Crippen LogP contribution in [0.5, 0.6) is 5.75 Å². The molecular formula is C45H62F3N5O7S. The molecule has 3 aromatic rings. The second-order valence-corrected chi connectivity index (χ2v) is 17.5. The molecule has 1 fully saturated rings. The van der Waals surface area contributed by atoms with Crippen molar-refractivity contribution in [1.82, 2.24) is 25.4 Å². The smallest absolute Gasteiger partial charge is 0.416 e. The van der Waals surface area contributed by atoms with Crippen LogP contribution >= 0.6 is 11.3 Å². The Kier molecular flexibility index (Phi) is 18.1. The second kappa shape index (κ2) is 22.5. The molecule has 336 valence electrons. The van der Waals surface area contributed by atoms with Crippen molar-refractivity contribution in [3.63, 3.8) is 0 Å². The standard InChI is InChI=1S/C45H62F3N5O7S/c1-8-28(5)39(51-41(56)36-12-10-11-21-52(36)7)43(57)53(25-31-13-17-32(18-14-31)45(46,47)48)37(27(3)4)24-38(60-9-2)42-50-35(26-61-42)40(55)49-33(22-29(6)44(58)59)23-30-15-19-34(54)20-16-30/h13-20,26-29,33,36-39,54H,8-12,21-25H2,1-7H3,(H,49,55)(H,51,56)(H,58,59)/t28-,29-,33+,36+,37+,38+,39-/m0/s1. The molecule has 0 spiro atoms. The third kappa shape index (κ3) is 14.0. The van der Waals surface area contributed by atoms with Crippen LogP contribution in [0.25, 0.3) is 0 Å². The number of hydrogen-bond donors (Lipinski definition) is 4. The van der Waals surface area contributed by atoms with Crippen LogP contribution in [0.4, 0.5) is 13.2 Å². The Morgan fingerprint density at radius 2 is 1.62 bits per heavy atom. The van der Waals surface area contributed by atoms with E-state index in [9.17, 15) is 37.8 Å². The summed E-state index contributed by atoms with van der Waals surface area (Å²) in [6.07, 6.45) is -1.44. The predicted octanol–water partition coefficient (Wildman–Crippen LogP) is 7.86. The van der Waals surface area contributed by atoms with Gasteiger partial charge in [0.25, 0.3) is 5.91 Å². The fraction of sp³-hybridized carbons (Fsp3) is 0.578. The summed E-state index contributed by atoms with van der Waals surface area (Å²) in [7, 11) is 1.90. The van der Waals surface area contributed by atoms with Crippen LogP contribution in [0, 0.1) is 17.8 Å². The summed E-state index contributed by atoms with van der Waals surface area (Å²) in [5.41, 5.74) is 0.574. The van der Waals surface area contributed by atoms with E-state index in [0.717, 1.165) is 37.1 Å². The zero-order valence-electron chi connectivity index (χ0n) is 36.2. The first-order chi connectivity index (χ1) is 28.8. The number of aromatic nitrogens is 1. The van der Waals surface area contributed by atoms with Crippen molar-refractivity contribution in [1.29, 1.82) is 0 Å². The number of likely N-dealkylation sites (N-methyl/N-ethyl adjacent to an activating group) is 1. The highest BCUT2D eigenvalue weighted by Crippen LogP contribution is 2.34. The number of carbonyl (C=O) groups is 4. The Morgan fingerprint density at radius 3 is 2.20 bits per heavy atom. The Morgan fingerprint density at radius 1 is 0.967 bits per heavy atom. The molecule has 1 saturated heterocycles. The highest BCUT2D eigenvalue weighted by Gasteiger charge is 2.39. The average Bonchev–Trinajstić information content (AvgIpc) is 3.71. The zero-order chi connectivity index (χ0) is 45.0. The second-order valence-electron chi connectivity index (χ2n) is 16.6. The first-order valence-electron chi connectivity index (χ1n) is 21.2. The van der Waals surface area contributed by atoms with Crippen LogP contribution in [0.2, 0.25) is 0 Å². The van der Waals surface area contributed by atoms with Gasteiger partial charge in [0, 0.05) is 37.0 Å². The number of rotatable bonds is 21. The van der Waals surface area contributed by atoms with Gasteiger partial charge in [-0.2, -0.15) is 13.2 Å². The summed E-state index contributed by atoms with van der Waals surface area (Å²) < 4.78 is 47.0. The monoisotopic (exact) mass is 873 g/mol. The molecule has 0 radical (unpaired) electrons. The van der Waals surface area contributed by atoms with Crippen molar-refractivity contribution >= 4 is 35.0 Å². The Balaban J connectivity index is 1.66. The van der Waals surface area contributed by atoms with E-state index in [0.29, 0.717) is 29.8 Å². The molecule has 61 heavy (non-hydrogen) atoms. The van der Waals surface area contributed by atoms with Gasteiger partial charge in [0.05, 0.1) is 17.5 Å². The van der Waals surface area contributed by atoms with Crippen LogP contribution in [0.3, 0.4) is 0 Å². The summed E-state index contributed by atoms with van der Waals surface area (Å²) in [4.78, 5) is 62.6. The lowest BCUT2D eigenvalue weighted by Gasteiger charge is -2.40. The summed E-state index contributed by atoms with van der Waals surface area (Å²) in [6.45, 7) is 12.1. The summed E-state index contributed by atoms with van der Waals surface area (Å²) >= 11 is 1.21. The largest absolute Gasteiger partial charge is 0.508 e. The lowest BCUT2D eigenvalue weighted by Crippen LogP contribution is -2.58. The summed E-state index contributed by atoms with van der Waals surface area (Å²) in [6, 6.07) is 8.77. The van der Waals surface area contributed by atoms with Crippen molar-refractivity contribution in [3.05, 3.63) is 81.3 Å². The number of alkyl halides is 3. The minimum Gasteiger partial charge on any atom is -0.508 e. The van der Waals surface area contributed by atoms with Gasteiger partial charge in [-0.15, -0.1) is 11.3 Å². The Bertz CT molecular complexity index is 1890. The maximum atomic E-state index is 15.0. The molecule has 0 saturated carbocycles. The third-order valence-electron chi connectivity index (χ3n) is 11.6. The molecule has 4 rings (SSSR count). The van der Waals surface area contributed by atoms with Gasteiger partial charge in [-0.1, -0.05) is 71.7 Å². The molecule has 1 aliphatic heterocycles. The van der Waals surface area contributed by atoms with E-state index in [1.165, 1.54) is 35.6 Å². The minimum absolute atomic E-state index is 0.0342. The van der Waals surface area contributed by atoms with Crippen LogP contribution in [0.15, 0.2) is 53.9 Å². The maximum absolute atomic E-state index is 15.0. The van der Waals surface area contributed by atoms with Gasteiger partial charge in [0.1, 0.15) is 28.6 Å². The number of nitrogens with zero attached hydrogens (tertiary/aromatic N) is 3. The lowest BCUT2D eigenvalue weighted by molar-refractivity contribution is -0.143. The molecule has 1 aromatic heterocycles. The molecule has 0 unspecified atom stereocenters. The molecule has 7 atom stereocenters. The summed E-state index contributed by atoms with van der Waals surface area (Å²) in [5, 5.41) is 27.5. The van der Waals surface area contributed by atoms with E-state index in [2.05, 4.69) is 15.6 Å². The number of carboxylic acid groups (broad SMARTS) is 1. The Hall–Kier alpha value is -4.54. The molecule has 0 bridgehead atoms. The SMILES string of the molecule is CCO[C@H](C[C@H](C(C)C)N(Cc1ccc(C(F)(F)F)cc1)C(=O)[C@@H](NC(=O)[C@H]1CCCCN1C)[C@@H](C)CC)c1nc(C(=O)N[C@@H](Cc2ccc(O)cc2)C[C@H](C)C(=O)O)cs1. The van der Waals surface area contributed by atoms with Gasteiger partial charge in [-0.3, -0.25) is 24.1 Å². The van der Waals surface area contributed by atoms with Crippen LogP contribution in [-0.2, 0) is 38.3 Å². The van der Waals surface area contributed by atoms with E-state index >= 15 is 4.79 Å². The van der Waals surface area contributed by atoms with E-state index < -0.39 is 53.8 Å². The molecule has 2 aromatic carbocycles. The van der Waals surface area contributed by atoms with Gasteiger partial charge in [-0.05, 0) is 93.4 Å². The minimum atomic E-state index is -4.54. The number of likely N-dealkylation sites (tertiary alicyclic amines) is 1. The molecule has 0 aliphatic carbocycles. The van der Waals surface area contributed by atoms with Gasteiger partial charge < -0.3 is 30.5 Å². The fourth-order valence-corrected chi connectivity index (χ4v) is 8.59. The number of phenolic OH excluding ortho intramolecular Hbond substituents is 1. The number of amides is 3. The number of carboxylic acids is 1.